The first-order valence-electron chi connectivity index (χ1n) is 6.19. The van der Waals surface area contributed by atoms with Gasteiger partial charge >= 0.3 is 0 Å². The molecule has 7 heteroatoms. The van der Waals surface area contributed by atoms with Crippen molar-refractivity contribution in [2.45, 2.75) is 26.4 Å². The van der Waals surface area contributed by atoms with Crippen LogP contribution < -0.4 is 16.6 Å². The highest BCUT2D eigenvalue weighted by atomic mass is 32.1. The second kappa shape index (κ2) is 6.33. The summed E-state index contributed by atoms with van der Waals surface area (Å²) in [6, 6.07) is 5.04. The Hall–Kier alpha value is -2.15. The summed E-state index contributed by atoms with van der Waals surface area (Å²) in [5.74, 6) is -0.119. The number of aryl methyl sites for hydroxylation is 1. The molecular formula is C13H16N4O2S. The molecule has 106 valence electrons. The molecular weight excluding hydrogens is 276 g/mol. The molecule has 0 fully saturated rings. The van der Waals surface area contributed by atoms with E-state index in [1.54, 1.807) is 16.0 Å². The maximum Gasteiger partial charge on any atom is 0.250 e. The lowest BCUT2D eigenvalue weighted by atomic mass is 10.3. The van der Waals surface area contributed by atoms with Gasteiger partial charge in [-0.25, -0.2) is 4.98 Å². The predicted octanol–water partition coefficient (Wildman–Crippen LogP) is 0.902. The summed E-state index contributed by atoms with van der Waals surface area (Å²) in [6.07, 6.45) is 0.254. The predicted molar refractivity (Wildman–Crippen MR) is 78.4 cm³/mol. The number of thiazole rings is 1. The third kappa shape index (κ3) is 3.67. The van der Waals surface area contributed by atoms with Crippen LogP contribution >= 0.6 is 11.3 Å². The molecule has 2 aromatic heterocycles. The normalized spacial score (nSPS) is 10.4. The Labute approximate surface area is 120 Å². The van der Waals surface area contributed by atoms with Crippen LogP contribution in [0.3, 0.4) is 0 Å². The highest BCUT2D eigenvalue weighted by molar-refractivity contribution is 7.13. The lowest BCUT2D eigenvalue weighted by Crippen LogP contribution is -2.27. The first-order valence-corrected chi connectivity index (χ1v) is 7.07. The molecule has 0 aliphatic heterocycles. The highest BCUT2D eigenvalue weighted by Crippen LogP contribution is 2.10. The monoisotopic (exact) mass is 292 g/mol. The summed E-state index contributed by atoms with van der Waals surface area (Å²) < 4.78 is 1.58. The van der Waals surface area contributed by atoms with E-state index < -0.39 is 0 Å². The van der Waals surface area contributed by atoms with Gasteiger partial charge in [-0.15, -0.1) is 11.3 Å². The maximum atomic E-state index is 11.7. The molecule has 2 rings (SSSR count). The van der Waals surface area contributed by atoms with E-state index in [2.05, 4.69) is 10.3 Å². The minimum atomic E-state index is -0.119. The molecule has 6 nitrogen and oxygen atoms in total. The molecule has 0 aliphatic rings. The second-order valence-electron chi connectivity index (χ2n) is 4.36. The summed E-state index contributed by atoms with van der Waals surface area (Å²) >= 11 is 1.34. The lowest BCUT2D eigenvalue weighted by Gasteiger charge is -2.09. The van der Waals surface area contributed by atoms with Gasteiger partial charge in [0.1, 0.15) is 0 Å². The summed E-state index contributed by atoms with van der Waals surface area (Å²) in [7, 11) is 0. The molecule has 0 unspecified atom stereocenters. The van der Waals surface area contributed by atoms with Crippen molar-refractivity contribution in [1.29, 1.82) is 0 Å². The van der Waals surface area contributed by atoms with Gasteiger partial charge in [-0.1, -0.05) is 6.07 Å². The third-order valence-electron chi connectivity index (χ3n) is 2.87. The molecule has 3 N–H and O–H groups in total. The molecule has 0 aromatic carbocycles. The number of nitrogen functional groups attached to an aromatic ring is 1. The van der Waals surface area contributed by atoms with E-state index in [0.717, 1.165) is 11.4 Å². The molecule has 0 bridgehead atoms. The van der Waals surface area contributed by atoms with Crippen molar-refractivity contribution >= 4 is 22.4 Å². The van der Waals surface area contributed by atoms with E-state index in [-0.39, 0.29) is 17.9 Å². The van der Waals surface area contributed by atoms with Gasteiger partial charge in [0.25, 0.3) is 5.56 Å². The Kier molecular flexibility index (Phi) is 4.52. The average Bonchev–Trinajstić information content (AvgIpc) is 2.82. The van der Waals surface area contributed by atoms with Crippen LogP contribution in [-0.4, -0.2) is 15.5 Å². The second-order valence-corrected chi connectivity index (χ2v) is 5.25. The van der Waals surface area contributed by atoms with Gasteiger partial charge in [0.2, 0.25) is 5.91 Å². The number of aromatic nitrogens is 2. The number of hydrogen-bond acceptors (Lipinski definition) is 5. The van der Waals surface area contributed by atoms with Crippen molar-refractivity contribution in [3.63, 3.8) is 0 Å². The van der Waals surface area contributed by atoms with Gasteiger partial charge in [-0.05, 0) is 13.0 Å². The van der Waals surface area contributed by atoms with Crippen LogP contribution in [-0.2, 0) is 17.9 Å². The van der Waals surface area contributed by atoms with Crippen molar-refractivity contribution in [1.82, 2.24) is 14.9 Å². The molecule has 0 radical (unpaired) electrons. The Morgan fingerprint density at radius 1 is 1.50 bits per heavy atom. The van der Waals surface area contributed by atoms with Crippen LogP contribution in [0, 0.1) is 6.92 Å². The molecule has 0 aliphatic carbocycles. The molecule has 0 atom stereocenters. The maximum absolute atomic E-state index is 11.7. The minimum Gasteiger partial charge on any atom is -0.375 e. The smallest absolute Gasteiger partial charge is 0.250 e. The van der Waals surface area contributed by atoms with Gasteiger partial charge in [0.05, 0.1) is 12.2 Å². The van der Waals surface area contributed by atoms with Crippen LogP contribution in [0.5, 0.6) is 0 Å². The molecule has 0 spiro atoms. The number of nitrogens with two attached hydrogens (primary N) is 1. The number of nitrogens with zero attached hydrogens (tertiary/aromatic N) is 2. The van der Waals surface area contributed by atoms with Gasteiger partial charge in [0.15, 0.2) is 5.13 Å². The van der Waals surface area contributed by atoms with Crippen LogP contribution in [0.1, 0.15) is 17.8 Å². The van der Waals surface area contributed by atoms with Gasteiger partial charge in [-0.2, -0.15) is 0 Å². The van der Waals surface area contributed by atoms with Crippen molar-refractivity contribution in [3.05, 3.63) is 45.3 Å². The van der Waals surface area contributed by atoms with Crippen LogP contribution in [0.25, 0.3) is 0 Å². The first kappa shape index (κ1) is 14.3. The third-order valence-corrected chi connectivity index (χ3v) is 3.59. The van der Waals surface area contributed by atoms with E-state index in [1.165, 1.54) is 17.4 Å². The van der Waals surface area contributed by atoms with Crippen molar-refractivity contribution in [3.8, 4) is 0 Å². The zero-order valence-corrected chi connectivity index (χ0v) is 11.9. The number of carbonyl (C=O) groups is 1. The summed E-state index contributed by atoms with van der Waals surface area (Å²) in [6.45, 7) is 2.57. The van der Waals surface area contributed by atoms with E-state index in [4.69, 9.17) is 5.73 Å². The van der Waals surface area contributed by atoms with Gasteiger partial charge in [-0.3, -0.25) is 9.59 Å². The van der Waals surface area contributed by atoms with Crippen molar-refractivity contribution in [2.75, 3.05) is 5.73 Å². The largest absolute Gasteiger partial charge is 0.375 e. The molecule has 0 saturated heterocycles. The fourth-order valence-corrected chi connectivity index (χ4v) is 2.37. The van der Waals surface area contributed by atoms with Crippen LogP contribution in [0.15, 0.2) is 28.4 Å². The molecule has 20 heavy (non-hydrogen) atoms. The van der Waals surface area contributed by atoms with Gasteiger partial charge < -0.3 is 15.6 Å². The van der Waals surface area contributed by atoms with E-state index in [1.807, 2.05) is 13.0 Å². The number of nitrogens with one attached hydrogen (secondary N) is 1. The standard InChI is InChI=1S/C13H16N4O2S/c1-9-3-2-4-12(19)17(9)6-5-11(18)15-7-10-8-20-13(14)16-10/h2-4,8H,5-7H2,1H3,(H2,14,16)(H,15,18). The fraction of sp³-hybridized carbons (Fsp3) is 0.308. The number of rotatable bonds is 5. The van der Waals surface area contributed by atoms with Crippen LogP contribution in [0.4, 0.5) is 5.13 Å². The van der Waals surface area contributed by atoms with E-state index in [0.29, 0.717) is 18.2 Å². The summed E-state index contributed by atoms with van der Waals surface area (Å²) in [4.78, 5) is 27.4. The number of pyridine rings is 1. The zero-order chi connectivity index (χ0) is 14.5. The van der Waals surface area contributed by atoms with E-state index >= 15 is 0 Å². The topological polar surface area (TPSA) is 90.0 Å². The summed E-state index contributed by atoms with van der Waals surface area (Å²) in [5, 5.41) is 5.05. The molecule has 2 aromatic rings. The summed E-state index contributed by atoms with van der Waals surface area (Å²) in [5.41, 5.74) is 7.01. The number of anilines is 1. The zero-order valence-electron chi connectivity index (χ0n) is 11.1. The number of hydrogen-bond donors (Lipinski definition) is 2. The average molecular weight is 292 g/mol. The minimum absolute atomic E-state index is 0.0925. The van der Waals surface area contributed by atoms with Gasteiger partial charge in [0, 0.05) is 30.1 Å². The highest BCUT2D eigenvalue weighted by Gasteiger charge is 2.06. The lowest BCUT2D eigenvalue weighted by molar-refractivity contribution is -0.121. The number of carbonyl (C=O) groups excluding carboxylic acids is 1. The molecule has 0 saturated carbocycles. The quantitative estimate of drug-likeness (QED) is 0.857. The molecule has 2 heterocycles. The SMILES string of the molecule is Cc1cccc(=O)n1CCC(=O)NCc1csc(N)n1. The van der Waals surface area contributed by atoms with Crippen molar-refractivity contribution < 1.29 is 4.79 Å². The van der Waals surface area contributed by atoms with E-state index in [9.17, 15) is 9.59 Å². The Balaban J connectivity index is 1.85. The van der Waals surface area contributed by atoms with Crippen molar-refractivity contribution in [2.24, 2.45) is 0 Å². The Morgan fingerprint density at radius 3 is 2.95 bits per heavy atom. The fourth-order valence-electron chi connectivity index (χ4n) is 1.80. The Morgan fingerprint density at radius 2 is 2.30 bits per heavy atom. The first-order chi connectivity index (χ1) is 9.56. The molecule has 1 amide bonds. The number of amides is 1. The Bertz CT molecular complexity index is 662. The van der Waals surface area contributed by atoms with Crippen LogP contribution in [0.2, 0.25) is 0 Å².